The van der Waals surface area contributed by atoms with Crippen molar-refractivity contribution in [1.82, 2.24) is 15.4 Å². The molecule has 2 aromatic heterocycles. The summed E-state index contributed by atoms with van der Waals surface area (Å²) in [7, 11) is 0. The van der Waals surface area contributed by atoms with Crippen LogP contribution in [0, 0.1) is 0 Å². The van der Waals surface area contributed by atoms with Gasteiger partial charge in [0.1, 0.15) is 0 Å². The summed E-state index contributed by atoms with van der Waals surface area (Å²) in [5.74, 6) is 0.232. The van der Waals surface area contributed by atoms with E-state index in [0.29, 0.717) is 10.3 Å². The molecular formula is C9H8BrN5O2. The Balaban J connectivity index is 2.03. The zero-order valence-electron chi connectivity index (χ0n) is 8.48. The van der Waals surface area contributed by atoms with Gasteiger partial charge in [-0.1, -0.05) is 0 Å². The summed E-state index contributed by atoms with van der Waals surface area (Å²) in [6.07, 6.45) is 2.89. The van der Waals surface area contributed by atoms with Crippen molar-refractivity contribution < 1.29 is 9.21 Å². The van der Waals surface area contributed by atoms with Crippen molar-refractivity contribution in [2.45, 2.75) is 0 Å². The number of anilines is 2. The van der Waals surface area contributed by atoms with E-state index in [1.165, 1.54) is 12.5 Å². The summed E-state index contributed by atoms with van der Waals surface area (Å²) in [6, 6.07) is 3.16. The van der Waals surface area contributed by atoms with Gasteiger partial charge in [0.05, 0.1) is 10.7 Å². The highest BCUT2D eigenvalue weighted by atomic mass is 79.9. The zero-order chi connectivity index (χ0) is 12.3. The van der Waals surface area contributed by atoms with Gasteiger partial charge >= 0.3 is 5.91 Å². The number of nitrogen functional groups attached to an aromatic ring is 1. The molecule has 7 nitrogen and oxygen atoms in total. The van der Waals surface area contributed by atoms with Gasteiger partial charge in [0.25, 0.3) is 0 Å². The van der Waals surface area contributed by atoms with Crippen LogP contribution in [0.2, 0.25) is 0 Å². The van der Waals surface area contributed by atoms with Gasteiger partial charge in [-0.25, -0.2) is 4.98 Å². The van der Waals surface area contributed by atoms with Crippen molar-refractivity contribution in [3.8, 4) is 0 Å². The SMILES string of the molecule is Nc1ncc(Br)c(NNC(=O)c2ccco2)n1. The minimum atomic E-state index is -0.418. The van der Waals surface area contributed by atoms with Crippen molar-refractivity contribution in [1.29, 1.82) is 0 Å². The number of hydrogen-bond acceptors (Lipinski definition) is 6. The summed E-state index contributed by atoms with van der Waals surface area (Å²) in [4.78, 5) is 19.2. The highest BCUT2D eigenvalue weighted by molar-refractivity contribution is 9.10. The maximum atomic E-state index is 11.5. The molecule has 88 valence electrons. The van der Waals surface area contributed by atoms with Gasteiger partial charge in [-0.05, 0) is 28.1 Å². The van der Waals surface area contributed by atoms with Crippen LogP contribution >= 0.6 is 15.9 Å². The van der Waals surface area contributed by atoms with Crippen LogP contribution < -0.4 is 16.6 Å². The van der Waals surface area contributed by atoms with Crippen LogP contribution in [0.25, 0.3) is 0 Å². The number of nitrogens with one attached hydrogen (secondary N) is 2. The fraction of sp³-hybridized carbons (Fsp3) is 0. The molecule has 1 amide bonds. The van der Waals surface area contributed by atoms with E-state index < -0.39 is 5.91 Å². The molecule has 17 heavy (non-hydrogen) atoms. The van der Waals surface area contributed by atoms with Crippen LogP contribution in [0.1, 0.15) is 10.6 Å². The van der Waals surface area contributed by atoms with Gasteiger partial charge in [0.2, 0.25) is 5.95 Å². The highest BCUT2D eigenvalue weighted by Gasteiger charge is 2.09. The summed E-state index contributed by atoms with van der Waals surface area (Å²) in [5.41, 5.74) is 10.4. The molecule has 0 aliphatic carbocycles. The Hall–Kier alpha value is -2.09. The smallest absolute Gasteiger partial charge is 0.305 e. The second-order valence-electron chi connectivity index (χ2n) is 2.98. The van der Waals surface area contributed by atoms with Gasteiger partial charge in [0, 0.05) is 6.20 Å². The predicted molar refractivity (Wildman–Crippen MR) is 63.9 cm³/mol. The number of carbonyl (C=O) groups excluding carboxylic acids is 1. The number of rotatable bonds is 3. The first-order valence-electron chi connectivity index (χ1n) is 4.54. The Bertz CT molecular complexity index is 528. The maximum Gasteiger partial charge on any atom is 0.305 e. The van der Waals surface area contributed by atoms with Gasteiger partial charge in [-0.2, -0.15) is 4.98 Å². The van der Waals surface area contributed by atoms with E-state index in [4.69, 9.17) is 10.2 Å². The van der Waals surface area contributed by atoms with Crippen molar-refractivity contribution in [2.75, 3.05) is 11.2 Å². The van der Waals surface area contributed by atoms with Gasteiger partial charge < -0.3 is 10.2 Å². The van der Waals surface area contributed by atoms with Crippen LogP contribution in [0.15, 0.2) is 33.5 Å². The first-order chi connectivity index (χ1) is 8.16. The van der Waals surface area contributed by atoms with Crippen LogP contribution in [-0.2, 0) is 0 Å². The molecule has 0 saturated carbocycles. The van der Waals surface area contributed by atoms with E-state index >= 15 is 0 Å². The van der Waals surface area contributed by atoms with E-state index in [2.05, 4.69) is 36.7 Å². The van der Waals surface area contributed by atoms with Crippen molar-refractivity contribution in [2.24, 2.45) is 0 Å². The van der Waals surface area contributed by atoms with Crippen LogP contribution in [0.3, 0.4) is 0 Å². The fourth-order valence-electron chi connectivity index (χ4n) is 1.05. The Labute approximate surface area is 105 Å². The molecule has 0 saturated heterocycles. The summed E-state index contributed by atoms with van der Waals surface area (Å²) in [6.45, 7) is 0. The van der Waals surface area contributed by atoms with Gasteiger partial charge in [-0.15, -0.1) is 0 Å². The lowest BCUT2D eigenvalue weighted by Crippen LogP contribution is -2.29. The first kappa shape index (κ1) is 11.4. The molecule has 0 bridgehead atoms. The van der Waals surface area contributed by atoms with Crippen molar-refractivity contribution >= 4 is 33.6 Å². The Kier molecular flexibility index (Phi) is 3.24. The third-order valence-electron chi connectivity index (χ3n) is 1.80. The van der Waals surface area contributed by atoms with Crippen LogP contribution in [-0.4, -0.2) is 15.9 Å². The topological polar surface area (TPSA) is 106 Å². The largest absolute Gasteiger partial charge is 0.459 e. The number of amides is 1. The van der Waals surface area contributed by atoms with Gasteiger partial charge in [0.15, 0.2) is 11.6 Å². The molecule has 0 aromatic carbocycles. The molecule has 2 aromatic rings. The number of carbonyl (C=O) groups is 1. The van der Waals surface area contributed by atoms with Gasteiger partial charge in [-0.3, -0.25) is 15.6 Å². The van der Waals surface area contributed by atoms with Crippen molar-refractivity contribution in [3.05, 3.63) is 34.8 Å². The molecule has 0 aliphatic heterocycles. The van der Waals surface area contributed by atoms with E-state index in [9.17, 15) is 4.79 Å². The van der Waals surface area contributed by atoms with E-state index in [-0.39, 0.29) is 11.7 Å². The Morgan fingerprint density at radius 1 is 1.53 bits per heavy atom. The van der Waals surface area contributed by atoms with E-state index in [0.717, 1.165) is 0 Å². The molecule has 0 atom stereocenters. The van der Waals surface area contributed by atoms with E-state index in [1.54, 1.807) is 12.1 Å². The number of hydrazine groups is 1. The molecule has 0 spiro atoms. The lowest BCUT2D eigenvalue weighted by atomic mass is 10.4. The lowest BCUT2D eigenvalue weighted by Gasteiger charge is -2.07. The molecule has 0 fully saturated rings. The molecular weight excluding hydrogens is 290 g/mol. The molecule has 0 aliphatic rings. The summed E-state index contributed by atoms with van der Waals surface area (Å²) in [5, 5.41) is 0. The molecule has 0 unspecified atom stereocenters. The third-order valence-corrected chi connectivity index (χ3v) is 2.38. The minimum absolute atomic E-state index is 0.1000. The molecule has 4 N–H and O–H groups in total. The fourth-order valence-corrected chi connectivity index (χ4v) is 1.34. The number of halogens is 1. The normalized spacial score (nSPS) is 9.94. The lowest BCUT2D eigenvalue weighted by molar-refractivity contribution is 0.0935. The quantitative estimate of drug-likeness (QED) is 0.734. The monoisotopic (exact) mass is 297 g/mol. The zero-order valence-corrected chi connectivity index (χ0v) is 10.1. The van der Waals surface area contributed by atoms with Crippen LogP contribution in [0.5, 0.6) is 0 Å². The standard InChI is InChI=1S/C9H8BrN5O2/c10-5-4-12-9(11)13-7(5)14-15-8(16)6-2-1-3-17-6/h1-4H,(H,15,16)(H3,11,12,13,14). The van der Waals surface area contributed by atoms with Crippen molar-refractivity contribution in [3.63, 3.8) is 0 Å². The molecule has 2 rings (SSSR count). The molecule has 2 heterocycles. The summed E-state index contributed by atoms with van der Waals surface area (Å²) >= 11 is 3.21. The predicted octanol–water partition coefficient (Wildman–Crippen LogP) is 1.17. The van der Waals surface area contributed by atoms with Crippen LogP contribution in [0.4, 0.5) is 11.8 Å². The number of furan rings is 1. The maximum absolute atomic E-state index is 11.5. The number of hydrogen-bond donors (Lipinski definition) is 3. The molecule has 0 radical (unpaired) electrons. The third kappa shape index (κ3) is 2.72. The first-order valence-corrected chi connectivity index (χ1v) is 5.34. The second kappa shape index (κ2) is 4.83. The Morgan fingerprint density at radius 3 is 3.06 bits per heavy atom. The minimum Gasteiger partial charge on any atom is -0.459 e. The Morgan fingerprint density at radius 2 is 2.35 bits per heavy atom. The number of aromatic nitrogens is 2. The second-order valence-corrected chi connectivity index (χ2v) is 3.84. The number of nitrogens with zero attached hydrogens (tertiary/aromatic N) is 2. The number of nitrogens with two attached hydrogens (primary N) is 1. The molecule has 8 heteroatoms. The average Bonchev–Trinajstić information content (AvgIpc) is 2.83. The highest BCUT2D eigenvalue weighted by Crippen LogP contribution is 2.18. The average molecular weight is 298 g/mol. The van der Waals surface area contributed by atoms with E-state index in [1.807, 2.05) is 0 Å². The summed E-state index contributed by atoms with van der Waals surface area (Å²) < 4.78 is 5.49.